The van der Waals surface area contributed by atoms with E-state index in [4.69, 9.17) is 4.74 Å². The molecule has 150 valence electrons. The van der Waals surface area contributed by atoms with E-state index in [2.05, 4.69) is 26.1 Å². The van der Waals surface area contributed by atoms with Gasteiger partial charge in [0.2, 0.25) is 5.91 Å². The number of amides is 1. The zero-order valence-corrected chi connectivity index (χ0v) is 17.2. The molecule has 0 aliphatic heterocycles. The van der Waals surface area contributed by atoms with Crippen LogP contribution in [0.3, 0.4) is 0 Å². The Morgan fingerprint density at radius 3 is 2.36 bits per heavy atom. The number of nitrogens with one attached hydrogen (secondary N) is 1. The SMILES string of the molecule is CC(C)(C)C1CCC(OC(=O)CCC(=O)Nc2cccc3ccccc23)CC1. The van der Waals surface area contributed by atoms with E-state index in [-0.39, 0.29) is 30.8 Å². The average molecular weight is 382 g/mol. The number of benzene rings is 2. The fourth-order valence-electron chi connectivity index (χ4n) is 4.05. The maximum atomic E-state index is 12.3. The largest absolute Gasteiger partial charge is 0.462 e. The molecule has 1 N–H and O–H groups in total. The first-order chi connectivity index (χ1) is 13.3. The molecule has 0 aromatic heterocycles. The summed E-state index contributed by atoms with van der Waals surface area (Å²) in [5, 5.41) is 4.99. The molecule has 1 aliphatic carbocycles. The first-order valence-corrected chi connectivity index (χ1v) is 10.3. The molecule has 1 amide bonds. The lowest BCUT2D eigenvalue weighted by Crippen LogP contribution is -2.30. The Kier molecular flexibility index (Phi) is 6.38. The second-order valence-corrected chi connectivity index (χ2v) is 8.90. The van der Waals surface area contributed by atoms with Gasteiger partial charge in [-0.1, -0.05) is 57.2 Å². The highest BCUT2D eigenvalue weighted by Gasteiger charge is 2.31. The molecule has 0 unspecified atom stereocenters. The number of rotatable bonds is 5. The van der Waals surface area contributed by atoms with Crippen molar-refractivity contribution >= 4 is 28.3 Å². The second-order valence-electron chi connectivity index (χ2n) is 8.90. The van der Waals surface area contributed by atoms with Gasteiger partial charge in [-0.05, 0) is 48.5 Å². The summed E-state index contributed by atoms with van der Waals surface area (Å²) in [5.41, 5.74) is 1.09. The van der Waals surface area contributed by atoms with Gasteiger partial charge in [-0.15, -0.1) is 0 Å². The highest BCUT2D eigenvalue weighted by Crippen LogP contribution is 2.38. The summed E-state index contributed by atoms with van der Waals surface area (Å²) in [4.78, 5) is 24.4. The van der Waals surface area contributed by atoms with Gasteiger partial charge < -0.3 is 10.1 Å². The molecular weight excluding hydrogens is 350 g/mol. The van der Waals surface area contributed by atoms with Gasteiger partial charge in [-0.2, -0.15) is 0 Å². The molecule has 2 aromatic carbocycles. The third-order valence-corrected chi connectivity index (χ3v) is 5.82. The van der Waals surface area contributed by atoms with Crippen LogP contribution in [0.5, 0.6) is 0 Å². The van der Waals surface area contributed by atoms with E-state index >= 15 is 0 Å². The van der Waals surface area contributed by atoms with Crippen LogP contribution in [0.1, 0.15) is 59.3 Å². The van der Waals surface area contributed by atoms with Gasteiger partial charge in [0, 0.05) is 17.5 Å². The van der Waals surface area contributed by atoms with Gasteiger partial charge in [0.05, 0.1) is 6.42 Å². The highest BCUT2D eigenvalue weighted by atomic mass is 16.5. The van der Waals surface area contributed by atoms with Crippen molar-refractivity contribution in [2.24, 2.45) is 11.3 Å². The van der Waals surface area contributed by atoms with Crippen LogP contribution in [0.2, 0.25) is 0 Å². The number of esters is 1. The lowest BCUT2D eigenvalue weighted by molar-refractivity contribution is -0.152. The molecule has 2 aromatic rings. The summed E-state index contributed by atoms with van der Waals surface area (Å²) in [5.74, 6) is 0.256. The van der Waals surface area contributed by atoms with Crippen LogP contribution >= 0.6 is 0 Å². The molecule has 0 atom stereocenters. The highest BCUT2D eigenvalue weighted by molar-refractivity contribution is 6.02. The number of ether oxygens (including phenoxy) is 1. The molecule has 0 bridgehead atoms. The Balaban J connectivity index is 1.44. The first kappa shape index (κ1) is 20.4. The summed E-state index contributed by atoms with van der Waals surface area (Å²) in [6, 6.07) is 13.7. The van der Waals surface area contributed by atoms with E-state index in [0.717, 1.165) is 42.1 Å². The standard InChI is InChI=1S/C24H31NO3/c1-24(2,3)18-11-13-19(14-12-18)28-23(27)16-15-22(26)25-21-10-6-8-17-7-4-5-9-20(17)21/h4-10,18-19H,11-16H2,1-3H3,(H,25,26). The van der Waals surface area contributed by atoms with Crippen LogP contribution in [0.4, 0.5) is 5.69 Å². The van der Waals surface area contributed by atoms with Gasteiger partial charge >= 0.3 is 5.97 Å². The van der Waals surface area contributed by atoms with Crippen LogP contribution in [0, 0.1) is 11.3 Å². The Hall–Kier alpha value is -2.36. The summed E-state index contributed by atoms with van der Waals surface area (Å²) in [6.07, 6.45) is 4.32. The number of anilines is 1. The molecule has 4 nitrogen and oxygen atoms in total. The number of carbonyl (C=O) groups excluding carboxylic acids is 2. The maximum Gasteiger partial charge on any atom is 0.306 e. The molecule has 0 saturated heterocycles. The van der Waals surface area contributed by atoms with Crippen molar-refractivity contribution in [1.82, 2.24) is 0 Å². The van der Waals surface area contributed by atoms with Gasteiger partial charge in [0.1, 0.15) is 6.10 Å². The molecule has 4 heteroatoms. The number of hydrogen-bond acceptors (Lipinski definition) is 3. The van der Waals surface area contributed by atoms with E-state index < -0.39 is 0 Å². The molecule has 1 aliphatic rings. The minimum absolute atomic E-state index is 0.00669. The lowest BCUT2D eigenvalue weighted by Gasteiger charge is -2.36. The zero-order valence-electron chi connectivity index (χ0n) is 17.2. The van der Waals surface area contributed by atoms with Gasteiger partial charge in [0.15, 0.2) is 0 Å². The number of fused-ring (bicyclic) bond motifs is 1. The molecule has 0 spiro atoms. The Morgan fingerprint density at radius 1 is 0.964 bits per heavy atom. The quantitative estimate of drug-likeness (QED) is 0.675. The third kappa shape index (κ3) is 5.34. The minimum atomic E-state index is -0.271. The predicted molar refractivity (Wildman–Crippen MR) is 113 cm³/mol. The minimum Gasteiger partial charge on any atom is -0.462 e. The van der Waals surface area contributed by atoms with E-state index in [1.165, 1.54) is 0 Å². The fraction of sp³-hybridized carbons (Fsp3) is 0.500. The molecule has 0 heterocycles. The van der Waals surface area contributed by atoms with Gasteiger partial charge in [-0.25, -0.2) is 0 Å². The fourth-order valence-corrected chi connectivity index (χ4v) is 4.05. The Morgan fingerprint density at radius 2 is 1.64 bits per heavy atom. The van der Waals surface area contributed by atoms with Crippen LogP contribution in [0.25, 0.3) is 10.8 Å². The second kappa shape index (κ2) is 8.76. The molecule has 1 saturated carbocycles. The first-order valence-electron chi connectivity index (χ1n) is 10.3. The lowest BCUT2D eigenvalue weighted by atomic mass is 9.72. The monoisotopic (exact) mass is 381 g/mol. The van der Waals surface area contributed by atoms with Crippen molar-refractivity contribution in [2.75, 3.05) is 5.32 Å². The average Bonchev–Trinajstić information content (AvgIpc) is 2.66. The Bertz CT molecular complexity index is 824. The third-order valence-electron chi connectivity index (χ3n) is 5.82. The van der Waals surface area contributed by atoms with Crippen molar-refractivity contribution in [3.05, 3.63) is 42.5 Å². The van der Waals surface area contributed by atoms with E-state index in [1.807, 2.05) is 42.5 Å². The maximum absolute atomic E-state index is 12.3. The van der Waals surface area contributed by atoms with Crippen LogP contribution in [-0.2, 0) is 14.3 Å². The summed E-state index contributed by atoms with van der Waals surface area (Å²) in [7, 11) is 0. The molecule has 3 rings (SSSR count). The van der Waals surface area contributed by atoms with Gasteiger partial charge in [-0.3, -0.25) is 9.59 Å². The number of carbonyl (C=O) groups is 2. The van der Waals surface area contributed by atoms with Crippen LogP contribution < -0.4 is 5.32 Å². The molecule has 28 heavy (non-hydrogen) atoms. The topological polar surface area (TPSA) is 55.4 Å². The van der Waals surface area contributed by atoms with Crippen molar-refractivity contribution in [2.45, 2.75) is 65.4 Å². The Labute approximate surface area is 167 Å². The van der Waals surface area contributed by atoms with E-state index in [1.54, 1.807) is 0 Å². The van der Waals surface area contributed by atoms with E-state index in [9.17, 15) is 9.59 Å². The zero-order chi connectivity index (χ0) is 20.1. The summed E-state index contributed by atoms with van der Waals surface area (Å²) in [6.45, 7) is 6.83. The summed E-state index contributed by atoms with van der Waals surface area (Å²) < 4.78 is 5.60. The number of hydrogen-bond donors (Lipinski definition) is 1. The smallest absolute Gasteiger partial charge is 0.306 e. The predicted octanol–water partition coefficient (Wildman–Crippen LogP) is 5.71. The van der Waals surface area contributed by atoms with Crippen molar-refractivity contribution in [3.63, 3.8) is 0 Å². The van der Waals surface area contributed by atoms with Gasteiger partial charge in [0.25, 0.3) is 0 Å². The summed E-state index contributed by atoms with van der Waals surface area (Å²) >= 11 is 0. The van der Waals surface area contributed by atoms with Crippen molar-refractivity contribution in [3.8, 4) is 0 Å². The molecule has 1 fully saturated rings. The van der Waals surface area contributed by atoms with Crippen molar-refractivity contribution in [1.29, 1.82) is 0 Å². The van der Waals surface area contributed by atoms with Crippen molar-refractivity contribution < 1.29 is 14.3 Å². The van der Waals surface area contributed by atoms with Crippen LogP contribution in [-0.4, -0.2) is 18.0 Å². The molecule has 0 radical (unpaired) electrons. The normalized spacial score (nSPS) is 20.0. The van der Waals surface area contributed by atoms with E-state index in [0.29, 0.717) is 11.3 Å². The molecular formula is C24H31NO3. The van der Waals surface area contributed by atoms with Crippen LogP contribution in [0.15, 0.2) is 42.5 Å².